The SMILES string of the molecule is CCC(N)[C@]1(c2ccc(F)cc2)CC[C@H](O)CC1. The molecule has 1 atom stereocenters. The van der Waals surface area contributed by atoms with E-state index in [2.05, 4.69) is 6.92 Å². The first-order valence-corrected chi connectivity index (χ1v) is 6.78. The van der Waals surface area contributed by atoms with Crippen molar-refractivity contribution in [2.75, 3.05) is 0 Å². The quantitative estimate of drug-likeness (QED) is 0.867. The van der Waals surface area contributed by atoms with Gasteiger partial charge in [0.25, 0.3) is 0 Å². The van der Waals surface area contributed by atoms with E-state index in [1.54, 1.807) is 0 Å². The number of rotatable bonds is 3. The number of nitrogens with two attached hydrogens (primary N) is 1. The van der Waals surface area contributed by atoms with Crippen LogP contribution in [0.2, 0.25) is 0 Å². The van der Waals surface area contributed by atoms with Crippen LogP contribution in [0.25, 0.3) is 0 Å². The first kappa shape index (κ1) is 13.5. The van der Waals surface area contributed by atoms with Crippen molar-refractivity contribution in [2.24, 2.45) is 5.73 Å². The molecule has 0 saturated heterocycles. The molecule has 3 N–H and O–H groups in total. The molecule has 0 heterocycles. The Bertz CT molecular complexity index is 382. The molecule has 3 heteroatoms. The molecule has 0 bridgehead atoms. The standard InChI is InChI=1S/C15H22FNO/c1-2-14(17)15(9-7-13(18)8-10-15)11-3-5-12(16)6-4-11/h3-6,13-14,18H,2,7-10,17H2,1H3/t13-,14?,15+. The van der Waals surface area contributed by atoms with Crippen molar-refractivity contribution >= 4 is 0 Å². The van der Waals surface area contributed by atoms with Crippen molar-refractivity contribution < 1.29 is 9.50 Å². The van der Waals surface area contributed by atoms with E-state index in [9.17, 15) is 9.50 Å². The number of aliphatic hydroxyl groups is 1. The molecule has 1 fully saturated rings. The van der Waals surface area contributed by atoms with Crippen LogP contribution in [-0.2, 0) is 5.41 Å². The number of hydrogen-bond acceptors (Lipinski definition) is 2. The lowest BCUT2D eigenvalue weighted by Gasteiger charge is -2.43. The molecule has 1 unspecified atom stereocenters. The first-order valence-electron chi connectivity index (χ1n) is 6.78. The van der Waals surface area contributed by atoms with Crippen molar-refractivity contribution in [1.29, 1.82) is 0 Å². The maximum absolute atomic E-state index is 13.1. The molecule has 1 saturated carbocycles. The Morgan fingerprint density at radius 3 is 2.39 bits per heavy atom. The minimum absolute atomic E-state index is 0.0652. The summed E-state index contributed by atoms with van der Waals surface area (Å²) >= 11 is 0. The number of hydrogen-bond donors (Lipinski definition) is 2. The Labute approximate surface area is 108 Å². The highest BCUT2D eigenvalue weighted by Gasteiger charge is 2.40. The Morgan fingerprint density at radius 2 is 1.89 bits per heavy atom. The van der Waals surface area contributed by atoms with Gasteiger partial charge in [-0.1, -0.05) is 19.1 Å². The third-order valence-corrected chi connectivity index (χ3v) is 4.42. The molecule has 100 valence electrons. The van der Waals surface area contributed by atoms with Crippen LogP contribution in [-0.4, -0.2) is 17.3 Å². The van der Waals surface area contributed by atoms with E-state index in [1.807, 2.05) is 12.1 Å². The van der Waals surface area contributed by atoms with Crippen molar-refractivity contribution in [3.8, 4) is 0 Å². The maximum Gasteiger partial charge on any atom is 0.123 e. The van der Waals surface area contributed by atoms with E-state index in [-0.39, 0.29) is 23.4 Å². The Hall–Kier alpha value is -0.930. The molecule has 2 nitrogen and oxygen atoms in total. The Kier molecular flexibility index (Phi) is 4.03. The third-order valence-electron chi connectivity index (χ3n) is 4.42. The first-order chi connectivity index (χ1) is 8.58. The van der Waals surface area contributed by atoms with Crippen molar-refractivity contribution in [3.05, 3.63) is 35.6 Å². The van der Waals surface area contributed by atoms with Gasteiger partial charge in [0, 0.05) is 11.5 Å². The highest BCUT2D eigenvalue weighted by Crippen LogP contribution is 2.42. The topological polar surface area (TPSA) is 46.2 Å². The fourth-order valence-electron chi connectivity index (χ4n) is 3.16. The van der Waals surface area contributed by atoms with Crippen LogP contribution in [0.4, 0.5) is 4.39 Å². The van der Waals surface area contributed by atoms with Gasteiger partial charge < -0.3 is 10.8 Å². The molecule has 1 aliphatic carbocycles. The minimum atomic E-state index is -0.213. The van der Waals surface area contributed by atoms with Crippen LogP contribution in [0.3, 0.4) is 0 Å². The van der Waals surface area contributed by atoms with Crippen LogP contribution < -0.4 is 5.73 Å². The second-order valence-electron chi connectivity index (χ2n) is 5.41. The molecule has 18 heavy (non-hydrogen) atoms. The summed E-state index contributed by atoms with van der Waals surface area (Å²) in [5.74, 6) is -0.213. The lowest BCUT2D eigenvalue weighted by atomic mass is 9.64. The zero-order valence-corrected chi connectivity index (χ0v) is 10.9. The second-order valence-corrected chi connectivity index (χ2v) is 5.41. The van der Waals surface area contributed by atoms with Gasteiger partial charge in [0.1, 0.15) is 5.82 Å². The average Bonchev–Trinajstić information content (AvgIpc) is 2.40. The van der Waals surface area contributed by atoms with E-state index < -0.39 is 0 Å². The molecule has 0 amide bonds. The summed E-state index contributed by atoms with van der Waals surface area (Å²) in [6.07, 6.45) is 4.02. The van der Waals surface area contributed by atoms with E-state index in [1.165, 1.54) is 12.1 Å². The van der Waals surface area contributed by atoms with Crippen LogP contribution in [0.1, 0.15) is 44.6 Å². The molecule has 0 aromatic heterocycles. The fraction of sp³-hybridized carbons (Fsp3) is 0.600. The van der Waals surface area contributed by atoms with Gasteiger partial charge in [0.2, 0.25) is 0 Å². The van der Waals surface area contributed by atoms with Crippen LogP contribution in [0.5, 0.6) is 0 Å². The molecule has 1 aromatic rings. The second kappa shape index (κ2) is 5.37. The Balaban J connectivity index is 2.33. The molecular weight excluding hydrogens is 229 g/mol. The summed E-state index contributed by atoms with van der Waals surface area (Å²) in [7, 11) is 0. The van der Waals surface area contributed by atoms with Gasteiger partial charge in [-0.15, -0.1) is 0 Å². The van der Waals surface area contributed by atoms with Crippen LogP contribution in [0.15, 0.2) is 24.3 Å². The van der Waals surface area contributed by atoms with E-state index in [0.29, 0.717) is 0 Å². The summed E-state index contributed by atoms with van der Waals surface area (Å²) in [6, 6.07) is 6.77. The lowest BCUT2D eigenvalue weighted by molar-refractivity contribution is 0.0848. The van der Waals surface area contributed by atoms with Crippen LogP contribution >= 0.6 is 0 Å². The highest BCUT2D eigenvalue weighted by atomic mass is 19.1. The summed E-state index contributed by atoms with van der Waals surface area (Å²) in [5, 5.41) is 9.69. The van der Waals surface area contributed by atoms with Gasteiger partial charge in [-0.05, 0) is 49.8 Å². The van der Waals surface area contributed by atoms with E-state index in [0.717, 1.165) is 37.7 Å². The highest BCUT2D eigenvalue weighted by molar-refractivity contribution is 5.29. The molecule has 1 aromatic carbocycles. The van der Waals surface area contributed by atoms with E-state index >= 15 is 0 Å². The maximum atomic E-state index is 13.1. The predicted molar refractivity (Wildman–Crippen MR) is 70.8 cm³/mol. The van der Waals surface area contributed by atoms with Gasteiger partial charge in [0.05, 0.1) is 6.10 Å². The monoisotopic (exact) mass is 251 g/mol. The summed E-state index contributed by atoms with van der Waals surface area (Å²) in [5.41, 5.74) is 7.34. The normalized spacial score (nSPS) is 30.1. The third kappa shape index (κ3) is 2.43. The fourth-order valence-corrected chi connectivity index (χ4v) is 3.16. The molecule has 0 radical (unpaired) electrons. The van der Waals surface area contributed by atoms with E-state index in [4.69, 9.17) is 5.73 Å². The van der Waals surface area contributed by atoms with Gasteiger partial charge in [-0.3, -0.25) is 0 Å². The predicted octanol–water partition coefficient (Wildman–Crippen LogP) is 2.74. The lowest BCUT2D eigenvalue weighted by Crippen LogP contribution is -2.48. The number of benzene rings is 1. The molecule has 2 rings (SSSR count). The average molecular weight is 251 g/mol. The smallest absolute Gasteiger partial charge is 0.123 e. The van der Waals surface area contributed by atoms with Gasteiger partial charge in [-0.2, -0.15) is 0 Å². The van der Waals surface area contributed by atoms with Crippen molar-refractivity contribution in [3.63, 3.8) is 0 Å². The zero-order chi connectivity index (χ0) is 13.2. The van der Waals surface area contributed by atoms with Gasteiger partial charge >= 0.3 is 0 Å². The number of aliphatic hydroxyl groups excluding tert-OH is 1. The van der Waals surface area contributed by atoms with Crippen molar-refractivity contribution in [1.82, 2.24) is 0 Å². The zero-order valence-electron chi connectivity index (χ0n) is 10.9. The molecule has 1 aliphatic rings. The Morgan fingerprint density at radius 1 is 1.33 bits per heavy atom. The molecular formula is C15H22FNO. The van der Waals surface area contributed by atoms with Gasteiger partial charge in [0.15, 0.2) is 0 Å². The van der Waals surface area contributed by atoms with Gasteiger partial charge in [-0.25, -0.2) is 4.39 Å². The van der Waals surface area contributed by atoms with Crippen molar-refractivity contribution in [2.45, 2.75) is 56.6 Å². The summed E-state index contributed by atoms with van der Waals surface area (Å²) < 4.78 is 13.1. The minimum Gasteiger partial charge on any atom is -0.393 e. The number of halogens is 1. The summed E-state index contributed by atoms with van der Waals surface area (Å²) in [6.45, 7) is 2.08. The molecule has 0 spiro atoms. The summed E-state index contributed by atoms with van der Waals surface area (Å²) in [4.78, 5) is 0. The molecule has 0 aliphatic heterocycles. The van der Waals surface area contributed by atoms with Crippen LogP contribution in [0, 0.1) is 5.82 Å². The largest absolute Gasteiger partial charge is 0.393 e.